The Hall–Kier alpha value is -1.85. The Morgan fingerprint density at radius 3 is 2.88 bits per heavy atom. The van der Waals surface area contributed by atoms with E-state index >= 15 is 0 Å². The lowest BCUT2D eigenvalue weighted by Gasteiger charge is -2.12. The van der Waals surface area contributed by atoms with Crippen LogP contribution in [0.1, 0.15) is 12.8 Å². The number of carbonyl (C=O) groups is 3. The van der Waals surface area contributed by atoms with Gasteiger partial charge in [0.1, 0.15) is 12.7 Å². The highest BCUT2D eigenvalue weighted by Crippen LogP contribution is 2.13. The number of hydrogen-bond acceptors (Lipinski definition) is 5. The van der Waals surface area contributed by atoms with Gasteiger partial charge >= 0.3 is 12.1 Å². The Morgan fingerprint density at radius 2 is 2.31 bits per heavy atom. The van der Waals surface area contributed by atoms with Crippen molar-refractivity contribution in [1.82, 2.24) is 4.90 Å². The minimum atomic E-state index is -0.594. The van der Waals surface area contributed by atoms with Crippen LogP contribution < -0.4 is 0 Å². The summed E-state index contributed by atoms with van der Waals surface area (Å²) in [7, 11) is 0. The third-order valence-corrected chi connectivity index (χ3v) is 2.42. The average molecular weight is 225 g/mol. The Morgan fingerprint density at radius 1 is 1.50 bits per heavy atom. The Labute approximate surface area is 91.8 Å². The molecule has 2 amide bonds. The van der Waals surface area contributed by atoms with Crippen molar-refractivity contribution >= 4 is 18.0 Å². The van der Waals surface area contributed by atoms with Crippen LogP contribution in [0, 0.1) is 0 Å². The van der Waals surface area contributed by atoms with E-state index in [0.717, 1.165) is 4.90 Å². The summed E-state index contributed by atoms with van der Waals surface area (Å²) in [5.74, 6) is -0.683. The molecule has 2 aliphatic rings. The largest absolute Gasteiger partial charge is 0.455 e. The van der Waals surface area contributed by atoms with Crippen molar-refractivity contribution < 1.29 is 23.9 Å². The lowest BCUT2D eigenvalue weighted by Crippen LogP contribution is -2.32. The molecule has 0 aromatic carbocycles. The van der Waals surface area contributed by atoms with Gasteiger partial charge in [0.05, 0.1) is 6.54 Å². The van der Waals surface area contributed by atoms with Crippen LogP contribution in [-0.2, 0) is 19.1 Å². The maximum absolute atomic E-state index is 11.6. The van der Waals surface area contributed by atoms with E-state index in [9.17, 15) is 14.4 Å². The molecule has 1 fully saturated rings. The van der Waals surface area contributed by atoms with Crippen molar-refractivity contribution in [2.24, 2.45) is 0 Å². The summed E-state index contributed by atoms with van der Waals surface area (Å²) in [5, 5.41) is 0. The summed E-state index contributed by atoms with van der Waals surface area (Å²) in [6.45, 7) is 0.556. The van der Waals surface area contributed by atoms with Gasteiger partial charge in [-0.2, -0.15) is 0 Å². The highest BCUT2D eigenvalue weighted by Gasteiger charge is 2.28. The average Bonchev–Trinajstić information content (AvgIpc) is 2.84. The van der Waals surface area contributed by atoms with Gasteiger partial charge in [-0.05, 0) is 12.5 Å². The molecule has 16 heavy (non-hydrogen) atoms. The molecular formula is C10H11NO5. The van der Waals surface area contributed by atoms with Crippen molar-refractivity contribution in [2.75, 3.05) is 13.2 Å². The highest BCUT2D eigenvalue weighted by atomic mass is 16.6. The van der Waals surface area contributed by atoms with E-state index in [2.05, 4.69) is 4.74 Å². The second-order valence-corrected chi connectivity index (χ2v) is 3.53. The topological polar surface area (TPSA) is 72.9 Å². The van der Waals surface area contributed by atoms with E-state index in [-0.39, 0.29) is 25.0 Å². The van der Waals surface area contributed by atoms with Crippen LogP contribution >= 0.6 is 0 Å². The molecule has 0 aliphatic carbocycles. The van der Waals surface area contributed by atoms with Gasteiger partial charge in [-0.15, -0.1) is 0 Å². The van der Waals surface area contributed by atoms with Crippen LogP contribution in [-0.4, -0.2) is 42.1 Å². The van der Waals surface area contributed by atoms with E-state index in [1.807, 2.05) is 0 Å². The van der Waals surface area contributed by atoms with Crippen LogP contribution in [0.15, 0.2) is 12.2 Å². The van der Waals surface area contributed by atoms with E-state index in [4.69, 9.17) is 4.74 Å². The number of nitrogens with zero attached hydrogens (tertiary/aromatic N) is 1. The zero-order chi connectivity index (χ0) is 11.5. The number of imide groups is 1. The molecule has 0 bridgehead atoms. The van der Waals surface area contributed by atoms with Gasteiger partial charge in [0.25, 0.3) is 0 Å². The third kappa shape index (κ3) is 2.21. The van der Waals surface area contributed by atoms with Gasteiger partial charge in [0.15, 0.2) is 0 Å². The molecule has 0 N–H and O–H groups in total. The van der Waals surface area contributed by atoms with Crippen LogP contribution in [0.4, 0.5) is 4.79 Å². The molecule has 2 rings (SSSR count). The molecular weight excluding hydrogens is 214 g/mol. The monoisotopic (exact) mass is 225 g/mol. The number of esters is 1. The molecule has 0 saturated carbocycles. The fourth-order valence-electron chi connectivity index (χ4n) is 1.59. The van der Waals surface area contributed by atoms with Crippen molar-refractivity contribution in [1.29, 1.82) is 0 Å². The summed E-state index contributed by atoms with van der Waals surface area (Å²) in [6.07, 6.45) is 2.55. The van der Waals surface area contributed by atoms with Crippen LogP contribution in [0.5, 0.6) is 0 Å². The molecule has 0 aromatic rings. The van der Waals surface area contributed by atoms with Crippen molar-refractivity contribution in [2.45, 2.75) is 18.9 Å². The molecule has 0 radical (unpaired) electrons. The smallest absolute Gasteiger partial charge is 0.416 e. The molecule has 0 spiro atoms. The van der Waals surface area contributed by atoms with Gasteiger partial charge in [-0.3, -0.25) is 4.79 Å². The molecule has 86 valence electrons. The maximum atomic E-state index is 11.6. The molecule has 2 aliphatic heterocycles. The zero-order valence-corrected chi connectivity index (χ0v) is 8.55. The minimum absolute atomic E-state index is 0.164. The van der Waals surface area contributed by atoms with Crippen molar-refractivity contribution in [3.8, 4) is 0 Å². The van der Waals surface area contributed by atoms with E-state index in [1.54, 1.807) is 6.08 Å². The predicted octanol–water partition coefficient (Wildman–Crippen LogP) is 0.227. The number of hydrogen-bond donors (Lipinski definition) is 0. The first-order valence-electron chi connectivity index (χ1n) is 5.03. The van der Waals surface area contributed by atoms with E-state index in [1.165, 1.54) is 6.08 Å². The highest BCUT2D eigenvalue weighted by molar-refractivity contribution is 5.93. The first kappa shape index (κ1) is 10.7. The summed E-state index contributed by atoms with van der Waals surface area (Å²) in [5.41, 5.74) is 0. The van der Waals surface area contributed by atoms with Crippen LogP contribution in [0.2, 0.25) is 0 Å². The van der Waals surface area contributed by atoms with Gasteiger partial charge < -0.3 is 9.47 Å². The summed E-state index contributed by atoms with van der Waals surface area (Å²) in [6, 6.07) is 0. The Balaban J connectivity index is 1.78. The SMILES string of the molecule is O=C1C=C[C@@H](CCC(=O)N2CCOC2=O)O1. The normalized spacial score (nSPS) is 23.5. The summed E-state index contributed by atoms with van der Waals surface area (Å²) in [4.78, 5) is 34.4. The maximum Gasteiger partial charge on any atom is 0.416 e. The first-order valence-corrected chi connectivity index (χ1v) is 5.03. The molecule has 6 nitrogen and oxygen atoms in total. The minimum Gasteiger partial charge on any atom is -0.455 e. The van der Waals surface area contributed by atoms with Gasteiger partial charge in [-0.1, -0.05) is 0 Å². The van der Waals surface area contributed by atoms with Crippen LogP contribution in [0.3, 0.4) is 0 Å². The quantitative estimate of drug-likeness (QED) is 0.643. The van der Waals surface area contributed by atoms with Crippen LogP contribution in [0.25, 0.3) is 0 Å². The lowest BCUT2D eigenvalue weighted by atomic mass is 10.2. The molecule has 6 heteroatoms. The summed E-state index contributed by atoms with van der Waals surface area (Å²) < 4.78 is 9.51. The molecule has 1 atom stereocenters. The van der Waals surface area contributed by atoms with E-state index in [0.29, 0.717) is 13.0 Å². The fourth-order valence-corrected chi connectivity index (χ4v) is 1.59. The number of amides is 2. The number of cyclic esters (lactones) is 2. The fraction of sp³-hybridized carbons (Fsp3) is 0.500. The number of ether oxygens (including phenoxy) is 2. The second kappa shape index (κ2) is 4.34. The van der Waals surface area contributed by atoms with Crippen molar-refractivity contribution in [3.63, 3.8) is 0 Å². The molecule has 2 heterocycles. The predicted molar refractivity (Wildman–Crippen MR) is 51.3 cm³/mol. The molecule has 0 aromatic heterocycles. The molecule has 1 saturated heterocycles. The first-order chi connectivity index (χ1) is 7.66. The van der Waals surface area contributed by atoms with Gasteiger partial charge in [0.2, 0.25) is 5.91 Å². The van der Waals surface area contributed by atoms with E-state index < -0.39 is 12.1 Å². The molecule has 0 unspecified atom stereocenters. The number of carbonyl (C=O) groups excluding carboxylic acids is 3. The Bertz CT molecular complexity index is 362. The lowest BCUT2D eigenvalue weighted by molar-refractivity contribution is -0.140. The zero-order valence-electron chi connectivity index (χ0n) is 8.55. The van der Waals surface area contributed by atoms with Crippen molar-refractivity contribution in [3.05, 3.63) is 12.2 Å². The van der Waals surface area contributed by atoms with Gasteiger partial charge in [-0.25, -0.2) is 14.5 Å². The Kier molecular flexibility index (Phi) is 2.89. The third-order valence-electron chi connectivity index (χ3n) is 2.42. The summed E-state index contributed by atoms with van der Waals surface area (Å²) >= 11 is 0. The number of rotatable bonds is 3. The standard InChI is InChI=1S/C10H11NO5/c12-8(11-5-6-15-10(11)14)3-1-7-2-4-9(13)16-7/h2,4,7H,1,3,5-6H2/t7-/m1/s1. The van der Waals surface area contributed by atoms with Gasteiger partial charge in [0, 0.05) is 12.5 Å². The second-order valence-electron chi connectivity index (χ2n) is 3.53.